The summed E-state index contributed by atoms with van der Waals surface area (Å²) in [6.45, 7) is 3.11. The SMILES string of the molecule is COCC(C)/C=C(/CO)C1CCCCC1. The van der Waals surface area contributed by atoms with Gasteiger partial charge in [-0.2, -0.15) is 0 Å². The van der Waals surface area contributed by atoms with Gasteiger partial charge in [0.15, 0.2) is 0 Å². The highest BCUT2D eigenvalue weighted by Crippen LogP contribution is 2.30. The van der Waals surface area contributed by atoms with E-state index in [4.69, 9.17) is 4.74 Å². The van der Waals surface area contributed by atoms with E-state index >= 15 is 0 Å². The van der Waals surface area contributed by atoms with E-state index < -0.39 is 0 Å². The molecule has 1 aliphatic carbocycles. The first-order chi connectivity index (χ1) is 7.27. The number of aliphatic hydroxyl groups is 1. The zero-order valence-corrected chi connectivity index (χ0v) is 10.0. The summed E-state index contributed by atoms with van der Waals surface area (Å²) in [6, 6.07) is 0. The largest absolute Gasteiger partial charge is 0.392 e. The van der Waals surface area contributed by atoms with Crippen molar-refractivity contribution in [1.29, 1.82) is 0 Å². The van der Waals surface area contributed by atoms with Crippen LogP contribution in [-0.2, 0) is 4.74 Å². The molecule has 0 saturated heterocycles. The van der Waals surface area contributed by atoms with Crippen LogP contribution < -0.4 is 0 Å². The average Bonchev–Trinajstić information content (AvgIpc) is 2.27. The molecule has 1 N–H and O–H groups in total. The van der Waals surface area contributed by atoms with Crippen LogP contribution in [0.3, 0.4) is 0 Å². The van der Waals surface area contributed by atoms with Crippen molar-refractivity contribution in [1.82, 2.24) is 0 Å². The summed E-state index contributed by atoms with van der Waals surface area (Å²) in [6.07, 6.45) is 8.72. The number of hydrogen-bond donors (Lipinski definition) is 1. The molecule has 1 rings (SSSR count). The standard InChI is InChI=1S/C13H24O2/c1-11(10-15-2)8-13(9-14)12-6-4-3-5-7-12/h8,11-12,14H,3-7,9-10H2,1-2H3/b13-8-. The predicted molar refractivity (Wildman–Crippen MR) is 62.8 cm³/mol. The summed E-state index contributed by atoms with van der Waals surface area (Å²) in [5, 5.41) is 9.39. The van der Waals surface area contributed by atoms with Crippen molar-refractivity contribution in [2.75, 3.05) is 20.3 Å². The minimum atomic E-state index is 0.221. The van der Waals surface area contributed by atoms with Crippen molar-refractivity contribution in [3.8, 4) is 0 Å². The Balaban J connectivity index is 2.51. The molecule has 1 aliphatic rings. The van der Waals surface area contributed by atoms with Gasteiger partial charge in [-0.15, -0.1) is 0 Å². The molecular formula is C13H24O2. The summed E-state index contributed by atoms with van der Waals surface area (Å²) in [5.41, 5.74) is 1.24. The molecule has 0 aromatic carbocycles. The fourth-order valence-electron chi connectivity index (χ4n) is 2.47. The lowest BCUT2D eigenvalue weighted by Crippen LogP contribution is -2.14. The van der Waals surface area contributed by atoms with Gasteiger partial charge in [-0.3, -0.25) is 0 Å². The van der Waals surface area contributed by atoms with E-state index in [0.29, 0.717) is 11.8 Å². The van der Waals surface area contributed by atoms with E-state index in [1.165, 1.54) is 37.7 Å². The Morgan fingerprint density at radius 3 is 2.60 bits per heavy atom. The first-order valence-corrected chi connectivity index (χ1v) is 6.08. The lowest BCUT2D eigenvalue weighted by molar-refractivity contribution is 0.174. The fraction of sp³-hybridized carbons (Fsp3) is 0.846. The Hall–Kier alpha value is -0.340. The zero-order chi connectivity index (χ0) is 11.1. The van der Waals surface area contributed by atoms with Crippen LogP contribution in [0, 0.1) is 11.8 Å². The molecule has 1 atom stereocenters. The number of aliphatic hydroxyl groups excluding tert-OH is 1. The summed E-state index contributed by atoms with van der Waals surface area (Å²) >= 11 is 0. The van der Waals surface area contributed by atoms with Gasteiger partial charge in [0.1, 0.15) is 0 Å². The molecule has 2 nitrogen and oxygen atoms in total. The summed E-state index contributed by atoms with van der Waals surface area (Å²) in [5.74, 6) is 1.04. The number of hydrogen-bond acceptors (Lipinski definition) is 2. The molecule has 0 aromatic rings. The summed E-state index contributed by atoms with van der Waals surface area (Å²) < 4.78 is 5.11. The van der Waals surface area contributed by atoms with E-state index in [1.807, 2.05) is 0 Å². The topological polar surface area (TPSA) is 29.5 Å². The molecule has 0 bridgehead atoms. The average molecular weight is 212 g/mol. The molecule has 1 unspecified atom stereocenters. The Morgan fingerprint density at radius 1 is 1.40 bits per heavy atom. The minimum absolute atomic E-state index is 0.221. The van der Waals surface area contributed by atoms with E-state index in [1.54, 1.807) is 7.11 Å². The molecule has 0 aromatic heterocycles. The Morgan fingerprint density at radius 2 is 2.07 bits per heavy atom. The second-order valence-electron chi connectivity index (χ2n) is 4.67. The first kappa shape index (κ1) is 12.7. The van der Waals surface area contributed by atoms with Crippen LogP contribution in [0.1, 0.15) is 39.0 Å². The Kier molecular flexibility index (Phi) is 5.96. The smallest absolute Gasteiger partial charge is 0.0644 e. The van der Waals surface area contributed by atoms with Crippen molar-refractivity contribution in [2.24, 2.45) is 11.8 Å². The number of methoxy groups -OCH3 is 1. The monoisotopic (exact) mass is 212 g/mol. The van der Waals surface area contributed by atoms with Gasteiger partial charge in [-0.25, -0.2) is 0 Å². The fourth-order valence-corrected chi connectivity index (χ4v) is 2.47. The first-order valence-electron chi connectivity index (χ1n) is 6.08. The molecule has 1 fully saturated rings. The Labute approximate surface area is 93.3 Å². The van der Waals surface area contributed by atoms with Crippen LogP contribution in [-0.4, -0.2) is 25.4 Å². The van der Waals surface area contributed by atoms with Crippen molar-refractivity contribution >= 4 is 0 Å². The molecule has 1 saturated carbocycles. The Bertz CT molecular complexity index is 193. The lowest BCUT2D eigenvalue weighted by Gasteiger charge is -2.24. The highest BCUT2D eigenvalue weighted by Gasteiger charge is 2.17. The van der Waals surface area contributed by atoms with Crippen LogP contribution in [0.15, 0.2) is 11.6 Å². The van der Waals surface area contributed by atoms with Gasteiger partial charge in [0.2, 0.25) is 0 Å². The van der Waals surface area contributed by atoms with Crippen molar-refractivity contribution in [2.45, 2.75) is 39.0 Å². The van der Waals surface area contributed by atoms with Crippen molar-refractivity contribution in [3.05, 3.63) is 11.6 Å². The van der Waals surface area contributed by atoms with Gasteiger partial charge in [0.25, 0.3) is 0 Å². The van der Waals surface area contributed by atoms with Gasteiger partial charge in [-0.05, 0) is 30.3 Å². The van der Waals surface area contributed by atoms with E-state index in [0.717, 1.165) is 6.61 Å². The third-order valence-electron chi connectivity index (χ3n) is 3.24. The highest BCUT2D eigenvalue weighted by molar-refractivity contribution is 5.09. The maximum atomic E-state index is 9.39. The van der Waals surface area contributed by atoms with Crippen LogP contribution in [0.4, 0.5) is 0 Å². The highest BCUT2D eigenvalue weighted by atomic mass is 16.5. The molecule has 15 heavy (non-hydrogen) atoms. The van der Waals surface area contributed by atoms with Crippen LogP contribution in [0.25, 0.3) is 0 Å². The van der Waals surface area contributed by atoms with Gasteiger partial charge >= 0.3 is 0 Å². The lowest BCUT2D eigenvalue weighted by atomic mass is 9.83. The van der Waals surface area contributed by atoms with Crippen LogP contribution in [0.5, 0.6) is 0 Å². The van der Waals surface area contributed by atoms with Gasteiger partial charge < -0.3 is 9.84 Å². The van der Waals surface area contributed by atoms with Crippen LogP contribution >= 0.6 is 0 Å². The molecule has 0 aliphatic heterocycles. The second-order valence-corrected chi connectivity index (χ2v) is 4.67. The predicted octanol–water partition coefficient (Wildman–Crippen LogP) is 2.77. The normalized spacial score (nSPS) is 21.7. The van der Waals surface area contributed by atoms with Crippen LogP contribution in [0.2, 0.25) is 0 Å². The van der Waals surface area contributed by atoms with Gasteiger partial charge in [0.05, 0.1) is 13.2 Å². The molecule has 2 heteroatoms. The van der Waals surface area contributed by atoms with Gasteiger partial charge in [0, 0.05) is 7.11 Å². The second kappa shape index (κ2) is 7.02. The number of ether oxygens (including phenoxy) is 1. The maximum Gasteiger partial charge on any atom is 0.0644 e. The molecule has 0 heterocycles. The third-order valence-corrected chi connectivity index (χ3v) is 3.24. The molecular weight excluding hydrogens is 188 g/mol. The summed E-state index contributed by atoms with van der Waals surface area (Å²) in [7, 11) is 1.73. The van der Waals surface area contributed by atoms with E-state index in [-0.39, 0.29) is 6.61 Å². The quantitative estimate of drug-likeness (QED) is 0.710. The molecule has 0 spiro atoms. The van der Waals surface area contributed by atoms with E-state index in [9.17, 15) is 5.11 Å². The zero-order valence-electron chi connectivity index (χ0n) is 10.0. The molecule has 0 amide bonds. The maximum absolute atomic E-state index is 9.39. The summed E-state index contributed by atoms with van der Waals surface area (Å²) in [4.78, 5) is 0. The minimum Gasteiger partial charge on any atom is -0.392 e. The van der Waals surface area contributed by atoms with Crippen molar-refractivity contribution in [3.63, 3.8) is 0 Å². The molecule has 0 radical (unpaired) electrons. The molecule has 88 valence electrons. The number of rotatable bonds is 5. The van der Waals surface area contributed by atoms with Gasteiger partial charge in [-0.1, -0.05) is 32.3 Å². The van der Waals surface area contributed by atoms with Crippen molar-refractivity contribution < 1.29 is 9.84 Å². The third kappa shape index (κ3) is 4.35. The van der Waals surface area contributed by atoms with E-state index in [2.05, 4.69) is 13.0 Å².